The summed E-state index contributed by atoms with van der Waals surface area (Å²) in [4.78, 5) is 0. The zero-order valence-electron chi connectivity index (χ0n) is 8.29. The summed E-state index contributed by atoms with van der Waals surface area (Å²) in [6.45, 7) is 5.61. The highest BCUT2D eigenvalue weighted by Crippen LogP contribution is 2.32. The number of hydrogen-bond acceptors (Lipinski definition) is 5. The summed E-state index contributed by atoms with van der Waals surface area (Å²) in [5.74, 6) is 0.903. The molecule has 5 nitrogen and oxygen atoms in total. The van der Waals surface area contributed by atoms with Crippen molar-refractivity contribution in [1.82, 2.24) is 10.3 Å². The van der Waals surface area contributed by atoms with Crippen LogP contribution in [0.25, 0.3) is 11.3 Å². The monoisotopic (exact) mass is 193 g/mol. The van der Waals surface area contributed by atoms with E-state index in [9.17, 15) is 0 Å². The normalized spacial score (nSPS) is 10.8. The van der Waals surface area contributed by atoms with E-state index in [-0.39, 0.29) is 5.88 Å². The fraction of sp³-hybridized carbons (Fsp3) is 0.333. The number of aromatic nitrogens is 2. The number of hydrogen-bond donors (Lipinski definition) is 1. The molecule has 0 unspecified atom stereocenters. The van der Waals surface area contributed by atoms with Crippen LogP contribution in [0.4, 0.5) is 5.88 Å². The maximum atomic E-state index is 5.63. The van der Waals surface area contributed by atoms with Gasteiger partial charge in [0.15, 0.2) is 5.76 Å². The van der Waals surface area contributed by atoms with Crippen LogP contribution in [-0.4, -0.2) is 10.3 Å². The van der Waals surface area contributed by atoms with Gasteiger partial charge in [0.1, 0.15) is 5.56 Å². The van der Waals surface area contributed by atoms with E-state index < -0.39 is 0 Å². The summed E-state index contributed by atoms with van der Waals surface area (Å²) in [5.41, 5.74) is 8.85. The third kappa shape index (κ3) is 1.09. The standard InChI is InChI=1S/C9H11N3O2/c1-4-5(2)11-13-8(4)7-6(3)12-14-9(7)10/h10H2,1-3H3. The number of nitrogen functional groups attached to an aromatic ring is 1. The van der Waals surface area contributed by atoms with Crippen LogP contribution in [0.2, 0.25) is 0 Å². The molecule has 0 aliphatic heterocycles. The van der Waals surface area contributed by atoms with Crippen molar-refractivity contribution in [1.29, 1.82) is 0 Å². The minimum Gasteiger partial charge on any atom is -0.367 e. The van der Waals surface area contributed by atoms with E-state index in [0.29, 0.717) is 17.0 Å². The van der Waals surface area contributed by atoms with Crippen LogP contribution >= 0.6 is 0 Å². The van der Waals surface area contributed by atoms with E-state index in [1.165, 1.54) is 0 Å². The molecule has 0 fully saturated rings. The van der Waals surface area contributed by atoms with Crippen molar-refractivity contribution in [3.8, 4) is 11.3 Å². The number of aryl methyl sites for hydroxylation is 2. The van der Waals surface area contributed by atoms with Gasteiger partial charge in [0.2, 0.25) is 5.88 Å². The van der Waals surface area contributed by atoms with Gasteiger partial charge in [0.25, 0.3) is 0 Å². The van der Waals surface area contributed by atoms with Gasteiger partial charge < -0.3 is 14.8 Å². The molecule has 0 aliphatic carbocycles. The molecular formula is C9H11N3O2. The first-order valence-electron chi connectivity index (χ1n) is 4.26. The molecule has 0 spiro atoms. The van der Waals surface area contributed by atoms with Gasteiger partial charge in [-0.25, -0.2) is 0 Å². The molecule has 0 radical (unpaired) electrons. The van der Waals surface area contributed by atoms with Gasteiger partial charge in [0, 0.05) is 5.56 Å². The van der Waals surface area contributed by atoms with Gasteiger partial charge in [0.05, 0.1) is 11.4 Å². The summed E-state index contributed by atoms with van der Waals surface area (Å²) in [7, 11) is 0. The fourth-order valence-electron chi connectivity index (χ4n) is 1.31. The zero-order chi connectivity index (χ0) is 10.3. The van der Waals surface area contributed by atoms with Crippen molar-refractivity contribution in [2.75, 3.05) is 5.73 Å². The van der Waals surface area contributed by atoms with E-state index in [2.05, 4.69) is 10.3 Å². The lowest BCUT2D eigenvalue weighted by Crippen LogP contribution is -1.87. The Kier molecular flexibility index (Phi) is 1.80. The lowest BCUT2D eigenvalue weighted by molar-refractivity contribution is 0.424. The molecule has 0 aromatic carbocycles. The molecule has 0 aliphatic rings. The Morgan fingerprint density at radius 1 is 1.00 bits per heavy atom. The zero-order valence-corrected chi connectivity index (χ0v) is 8.29. The maximum Gasteiger partial charge on any atom is 0.233 e. The largest absolute Gasteiger partial charge is 0.367 e. The van der Waals surface area contributed by atoms with Crippen molar-refractivity contribution in [3.05, 3.63) is 17.0 Å². The SMILES string of the molecule is Cc1noc(-c2c(C)noc2N)c1C. The second-order valence-electron chi connectivity index (χ2n) is 3.23. The van der Waals surface area contributed by atoms with E-state index in [1.807, 2.05) is 20.8 Å². The molecule has 2 N–H and O–H groups in total. The third-order valence-corrected chi connectivity index (χ3v) is 2.27. The first kappa shape index (κ1) is 8.80. The highest BCUT2D eigenvalue weighted by Gasteiger charge is 2.19. The minimum atomic E-state index is 0.266. The van der Waals surface area contributed by atoms with Gasteiger partial charge >= 0.3 is 0 Å². The van der Waals surface area contributed by atoms with Crippen LogP contribution in [0.1, 0.15) is 17.0 Å². The van der Waals surface area contributed by atoms with E-state index in [0.717, 1.165) is 11.3 Å². The molecule has 2 aromatic heterocycles. The summed E-state index contributed by atoms with van der Waals surface area (Å²) < 4.78 is 10.0. The third-order valence-electron chi connectivity index (χ3n) is 2.27. The van der Waals surface area contributed by atoms with E-state index in [4.69, 9.17) is 14.8 Å². The van der Waals surface area contributed by atoms with Crippen LogP contribution in [0.5, 0.6) is 0 Å². The molecule has 0 bridgehead atoms. The molecule has 5 heteroatoms. The average Bonchev–Trinajstić information content (AvgIpc) is 2.62. The van der Waals surface area contributed by atoms with Crippen molar-refractivity contribution in [3.63, 3.8) is 0 Å². The number of nitrogens with two attached hydrogens (primary N) is 1. The van der Waals surface area contributed by atoms with Gasteiger partial charge in [-0.3, -0.25) is 0 Å². The summed E-state index contributed by atoms with van der Waals surface area (Å²) in [6, 6.07) is 0. The lowest BCUT2D eigenvalue weighted by Gasteiger charge is -1.94. The fourth-order valence-corrected chi connectivity index (χ4v) is 1.31. The Morgan fingerprint density at radius 3 is 2.07 bits per heavy atom. The first-order valence-corrected chi connectivity index (χ1v) is 4.26. The Morgan fingerprint density at radius 2 is 1.64 bits per heavy atom. The van der Waals surface area contributed by atoms with Crippen molar-refractivity contribution in [2.24, 2.45) is 0 Å². The molecule has 2 heterocycles. The highest BCUT2D eigenvalue weighted by atomic mass is 16.5. The highest BCUT2D eigenvalue weighted by molar-refractivity contribution is 5.73. The molecule has 2 aromatic rings. The molecule has 14 heavy (non-hydrogen) atoms. The molecule has 0 saturated carbocycles. The molecular weight excluding hydrogens is 182 g/mol. The van der Waals surface area contributed by atoms with Crippen molar-refractivity contribution >= 4 is 5.88 Å². The average molecular weight is 193 g/mol. The molecule has 2 rings (SSSR count). The van der Waals surface area contributed by atoms with E-state index in [1.54, 1.807) is 0 Å². The Labute approximate surface area is 80.9 Å². The molecule has 0 amide bonds. The second kappa shape index (κ2) is 2.87. The van der Waals surface area contributed by atoms with Crippen molar-refractivity contribution in [2.45, 2.75) is 20.8 Å². The van der Waals surface area contributed by atoms with Crippen LogP contribution in [-0.2, 0) is 0 Å². The maximum absolute atomic E-state index is 5.63. The van der Waals surface area contributed by atoms with Gasteiger partial charge in [-0.2, -0.15) is 0 Å². The molecule has 0 saturated heterocycles. The number of nitrogens with zero attached hydrogens (tertiary/aromatic N) is 2. The van der Waals surface area contributed by atoms with Crippen LogP contribution in [0, 0.1) is 20.8 Å². The quantitative estimate of drug-likeness (QED) is 0.747. The molecule has 74 valence electrons. The van der Waals surface area contributed by atoms with Crippen LogP contribution < -0.4 is 5.73 Å². The predicted molar refractivity (Wildman–Crippen MR) is 50.6 cm³/mol. The summed E-state index contributed by atoms with van der Waals surface area (Å²) in [6.07, 6.45) is 0. The van der Waals surface area contributed by atoms with Gasteiger partial charge in [-0.15, -0.1) is 0 Å². The Hall–Kier alpha value is -1.78. The van der Waals surface area contributed by atoms with Crippen molar-refractivity contribution < 1.29 is 9.05 Å². The Balaban J connectivity index is 2.65. The second-order valence-corrected chi connectivity index (χ2v) is 3.23. The van der Waals surface area contributed by atoms with Gasteiger partial charge in [-0.1, -0.05) is 10.3 Å². The lowest BCUT2D eigenvalue weighted by atomic mass is 10.1. The summed E-state index contributed by atoms with van der Waals surface area (Å²) >= 11 is 0. The minimum absolute atomic E-state index is 0.266. The van der Waals surface area contributed by atoms with Crippen LogP contribution in [0.3, 0.4) is 0 Å². The number of rotatable bonds is 1. The molecule has 0 atom stereocenters. The number of anilines is 1. The van der Waals surface area contributed by atoms with E-state index >= 15 is 0 Å². The van der Waals surface area contributed by atoms with Gasteiger partial charge in [-0.05, 0) is 20.8 Å². The summed E-state index contributed by atoms with van der Waals surface area (Å²) in [5, 5.41) is 7.61. The topological polar surface area (TPSA) is 78.1 Å². The Bertz CT molecular complexity index is 451. The first-order chi connectivity index (χ1) is 6.61. The van der Waals surface area contributed by atoms with Crippen LogP contribution in [0.15, 0.2) is 9.05 Å². The smallest absolute Gasteiger partial charge is 0.233 e. The predicted octanol–water partition coefficient (Wildman–Crippen LogP) is 1.84.